The molecule has 1 atom stereocenters. The summed E-state index contributed by atoms with van der Waals surface area (Å²) in [7, 11) is 4.19. The first-order valence-corrected chi connectivity index (χ1v) is 8.94. The maximum atomic E-state index is 4.22. The maximum Gasteiger partial charge on any atom is 0.286 e. The average Bonchev–Trinajstić information content (AvgIpc) is 2.92. The molecule has 0 spiro atoms. The van der Waals surface area contributed by atoms with Crippen LogP contribution in [-0.2, 0) is 14.1 Å². The summed E-state index contributed by atoms with van der Waals surface area (Å²) >= 11 is 0. The molecule has 0 aliphatic carbocycles. The van der Waals surface area contributed by atoms with Gasteiger partial charge in [-0.3, -0.25) is 0 Å². The Kier molecular flexibility index (Phi) is 3.87. The highest BCUT2D eigenvalue weighted by molar-refractivity contribution is 5.81. The van der Waals surface area contributed by atoms with Crippen LogP contribution in [0.3, 0.4) is 0 Å². The number of anilines is 3. The van der Waals surface area contributed by atoms with Crippen LogP contribution in [0.2, 0.25) is 0 Å². The van der Waals surface area contributed by atoms with Crippen molar-refractivity contribution in [2.45, 2.75) is 26.9 Å². The van der Waals surface area contributed by atoms with Crippen LogP contribution in [0, 0.1) is 13.8 Å². The lowest BCUT2D eigenvalue weighted by atomic mass is 10.1. The summed E-state index contributed by atoms with van der Waals surface area (Å²) in [5, 5.41) is 3.58. The summed E-state index contributed by atoms with van der Waals surface area (Å²) in [6.45, 7) is 6.56. The first-order chi connectivity index (χ1) is 12.5. The van der Waals surface area contributed by atoms with E-state index < -0.39 is 0 Å². The molecule has 1 aromatic carbocycles. The minimum atomic E-state index is 0.194. The summed E-state index contributed by atoms with van der Waals surface area (Å²) in [6, 6.07) is 12.8. The third kappa shape index (κ3) is 2.43. The van der Waals surface area contributed by atoms with Crippen molar-refractivity contribution in [2.24, 2.45) is 14.1 Å². The van der Waals surface area contributed by atoms with E-state index >= 15 is 0 Å². The number of pyridine rings is 1. The maximum absolute atomic E-state index is 4.22. The zero-order valence-corrected chi connectivity index (χ0v) is 16.0. The van der Waals surface area contributed by atoms with E-state index in [1.54, 1.807) is 0 Å². The third-order valence-corrected chi connectivity index (χ3v) is 5.14. The van der Waals surface area contributed by atoms with Gasteiger partial charge in [-0.05, 0) is 39.0 Å². The Bertz CT molecular complexity index is 996. The standard InChI is InChI=1S/C21H24N5/c1-14-12-15(2)21(25(5)20(14)19-10-11-22-13-24(19)4)26-16(3)23-17-8-6-7-9-18(17)26/h6-13,16H,1-5H3/q+1/p+1/t16-/m1/s1. The quantitative estimate of drug-likeness (QED) is 0.724. The van der Waals surface area contributed by atoms with Gasteiger partial charge in [0.05, 0.1) is 19.8 Å². The molecule has 26 heavy (non-hydrogen) atoms. The number of nitrogens with one attached hydrogen (secondary N) is 1. The van der Waals surface area contributed by atoms with Gasteiger partial charge in [0.1, 0.15) is 6.20 Å². The minimum Gasteiger partial charge on any atom is -0.344 e. The van der Waals surface area contributed by atoms with Gasteiger partial charge in [0, 0.05) is 17.2 Å². The molecule has 4 rings (SSSR count). The summed E-state index contributed by atoms with van der Waals surface area (Å²) < 4.78 is 4.38. The van der Waals surface area contributed by atoms with Gasteiger partial charge in [0.2, 0.25) is 0 Å². The van der Waals surface area contributed by atoms with Crippen LogP contribution in [0.4, 0.5) is 17.2 Å². The number of hydrogen-bond donors (Lipinski definition) is 1. The van der Waals surface area contributed by atoms with Crippen LogP contribution in [-0.4, -0.2) is 11.1 Å². The van der Waals surface area contributed by atoms with Crippen LogP contribution >= 0.6 is 0 Å². The fourth-order valence-corrected chi connectivity index (χ4v) is 4.10. The number of rotatable bonds is 2. The fourth-order valence-electron chi connectivity index (χ4n) is 4.10. The number of para-hydroxylation sites is 2. The molecular weight excluding hydrogens is 322 g/mol. The van der Waals surface area contributed by atoms with E-state index in [9.17, 15) is 0 Å². The van der Waals surface area contributed by atoms with Gasteiger partial charge in [-0.2, -0.15) is 0 Å². The second kappa shape index (κ2) is 6.09. The van der Waals surface area contributed by atoms with E-state index in [4.69, 9.17) is 0 Å². The van der Waals surface area contributed by atoms with Crippen molar-refractivity contribution < 1.29 is 9.13 Å². The number of fused-ring (bicyclic) bond motifs is 1. The molecular formula is C21H25N5+2. The smallest absolute Gasteiger partial charge is 0.286 e. The van der Waals surface area contributed by atoms with E-state index in [1.165, 1.54) is 34.0 Å². The fraction of sp³-hybridized carbons (Fsp3) is 0.286. The summed E-state index contributed by atoms with van der Waals surface area (Å²) in [5.41, 5.74) is 7.25. The topological polar surface area (TPSA) is 35.9 Å². The summed E-state index contributed by atoms with van der Waals surface area (Å²) in [5.74, 6) is 1.20. The van der Waals surface area contributed by atoms with Crippen molar-refractivity contribution in [1.82, 2.24) is 4.98 Å². The molecule has 3 heterocycles. The van der Waals surface area contributed by atoms with E-state index in [2.05, 4.69) is 88.6 Å². The molecule has 1 N–H and O–H groups in total. The zero-order valence-electron chi connectivity index (χ0n) is 16.0. The van der Waals surface area contributed by atoms with Crippen molar-refractivity contribution in [3.63, 3.8) is 0 Å². The van der Waals surface area contributed by atoms with E-state index in [1.807, 2.05) is 19.6 Å². The molecule has 1 aliphatic rings. The van der Waals surface area contributed by atoms with Crippen LogP contribution < -0.4 is 19.4 Å². The van der Waals surface area contributed by atoms with Crippen molar-refractivity contribution in [3.05, 3.63) is 60.0 Å². The molecule has 2 aromatic heterocycles. The van der Waals surface area contributed by atoms with Crippen LogP contribution in [0.1, 0.15) is 18.1 Å². The van der Waals surface area contributed by atoms with Crippen molar-refractivity contribution in [3.8, 4) is 11.4 Å². The van der Waals surface area contributed by atoms with Crippen molar-refractivity contribution in [1.29, 1.82) is 0 Å². The Hall–Kier alpha value is -2.95. The van der Waals surface area contributed by atoms with Crippen LogP contribution in [0.25, 0.3) is 11.4 Å². The molecule has 5 heteroatoms. The number of aryl methyl sites for hydroxylation is 3. The highest BCUT2D eigenvalue weighted by atomic mass is 15.4. The predicted octanol–water partition coefficient (Wildman–Crippen LogP) is 2.92. The molecule has 0 saturated carbocycles. The van der Waals surface area contributed by atoms with Gasteiger partial charge in [0.25, 0.3) is 12.1 Å². The molecule has 0 bridgehead atoms. The lowest BCUT2D eigenvalue weighted by Gasteiger charge is -2.21. The second-order valence-corrected chi connectivity index (χ2v) is 7.03. The molecule has 0 radical (unpaired) electrons. The van der Waals surface area contributed by atoms with Gasteiger partial charge in [-0.1, -0.05) is 17.1 Å². The first kappa shape index (κ1) is 16.5. The molecule has 5 nitrogen and oxygen atoms in total. The summed E-state index contributed by atoms with van der Waals surface area (Å²) in [6.07, 6.45) is 3.90. The lowest BCUT2D eigenvalue weighted by Crippen LogP contribution is -2.45. The van der Waals surface area contributed by atoms with Crippen LogP contribution in [0.15, 0.2) is 48.9 Å². The molecule has 3 aromatic rings. The van der Waals surface area contributed by atoms with E-state index in [-0.39, 0.29) is 6.17 Å². The van der Waals surface area contributed by atoms with E-state index in [0.717, 1.165) is 5.69 Å². The Balaban J connectivity index is 1.97. The molecule has 0 fully saturated rings. The Labute approximate surface area is 154 Å². The lowest BCUT2D eigenvalue weighted by molar-refractivity contribution is -0.686. The number of aromatic nitrogens is 3. The molecule has 0 amide bonds. The second-order valence-electron chi connectivity index (χ2n) is 7.03. The molecule has 0 saturated heterocycles. The third-order valence-electron chi connectivity index (χ3n) is 5.14. The normalized spacial score (nSPS) is 15.7. The van der Waals surface area contributed by atoms with Gasteiger partial charge in [-0.15, -0.1) is 0 Å². The number of hydrogen-bond acceptors (Lipinski definition) is 3. The Morgan fingerprint density at radius 3 is 2.62 bits per heavy atom. The Morgan fingerprint density at radius 2 is 1.85 bits per heavy atom. The van der Waals surface area contributed by atoms with Gasteiger partial charge in [-0.25, -0.2) is 14.0 Å². The first-order valence-electron chi connectivity index (χ1n) is 8.94. The largest absolute Gasteiger partial charge is 0.344 e. The highest BCUT2D eigenvalue weighted by Crippen LogP contribution is 2.40. The SMILES string of the molecule is Cc1cc(C)c(N2c3ccccc3N[C@H]2C)[n+](C)c1-c1ccnc[n+]1C. The van der Waals surface area contributed by atoms with Crippen molar-refractivity contribution >= 4 is 17.2 Å². The van der Waals surface area contributed by atoms with Crippen LogP contribution in [0.5, 0.6) is 0 Å². The molecule has 0 unspecified atom stereocenters. The Morgan fingerprint density at radius 1 is 1.08 bits per heavy atom. The average molecular weight is 347 g/mol. The van der Waals surface area contributed by atoms with Gasteiger partial charge < -0.3 is 5.32 Å². The zero-order chi connectivity index (χ0) is 18.4. The van der Waals surface area contributed by atoms with Gasteiger partial charge >= 0.3 is 0 Å². The predicted molar refractivity (Wildman–Crippen MR) is 103 cm³/mol. The number of benzene rings is 1. The van der Waals surface area contributed by atoms with E-state index in [0.29, 0.717) is 0 Å². The summed E-state index contributed by atoms with van der Waals surface area (Å²) in [4.78, 5) is 6.61. The molecule has 132 valence electrons. The van der Waals surface area contributed by atoms with Crippen molar-refractivity contribution in [2.75, 3.05) is 10.2 Å². The van der Waals surface area contributed by atoms with Gasteiger partial charge in [0.15, 0.2) is 23.2 Å². The minimum absolute atomic E-state index is 0.194. The molecule has 1 aliphatic heterocycles. The highest BCUT2D eigenvalue weighted by Gasteiger charge is 2.37. The number of nitrogens with zero attached hydrogens (tertiary/aromatic N) is 4. The monoisotopic (exact) mass is 347 g/mol.